The summed E-state index contributed by atoms with van der Waals surface area (Å²) in [4.78, 5) is 4.97. The van der Waals surface area contributed by atoms with Crippen molar-refractivity contribution in [2.75, 3.05) is 9.80 Å². The number of benzene rings is 7. The van der Waals surface area contributed by atoms with E-state index in [9.17, 15) is 4.11 Å². The van der Waals surface area contributed by atoms with E-state index in [0.29, 0.717) is 5.56 Å². The number of anilines is 6. The summed E-state index contributed by atoms with van der Waals surface area (Å²) in [5.74, 6) is 0. The van der Waals surface area contributed by atoms with Gasteiger partial charge in [-0.15, -0.1) is 11.3 Å². The Kier molecular flexibility index (Phi) is 8.27. The monoisotopic (exact) mass is 936 g/mol. The molecule has 8 aromatic rings. The average Bonchev–Trinajstić information content (AvgIpc) is 3.86. The van der Waals surface area contributed by atoms with E-state index in [4.69, 9.17) is 0 Å². The van der Waals surface area contributed by atoms with Gasteiger partial charge in [-0.3, -0.25) is 0 Å². The van der Waals surface area contributed by atoms with Crippen molar-refractivity contribution >= 4 is 88.7 Å². The maximum absolute atomic E-state index is 9.25. The predicted octanol–water partition coefficient (Wildman–Crippen LogP) is 16.7. The van der Waals surface area contributed by atoms with Gasteiger partial charge in [-0.1, -0.05) is 144 Å². The summed E-state index contributed by atoms with van der Waals surface area (Å²) in [6.45, 7) is 28.6. The van der Waals surface area contributed by atoms with Gasteiger partial charge in [0.25, 0.3) is 6.71 Å². The number of thiophene rings is 1. The molecule has 0 unspecified atom stereocenters. The van der Waals surface area contributed by atoms with Crippen molar-refractivity contribution < 1.29 is 4.11 Å². The molecule has 3 heterocycles. The summed E-state index contributed by atoms with van der Waals surface area (Å²) in [7, 11) is 0. The molecule has 352 valence electrons. The third-order valence-electron chi connectivity index (χ3n) is 18.3. The summed E-state index contributed by atoms with van der Waals surface area (Å²) in [5, 5.41) is 2.59. The summed E-state index contributed by atoms with van der Waals surface area (Å²) in [5.41, 5.74) is 22.3. The molecular weight excluding hydrogens is 864 g/mol. The van der Waals surface area contributed by atoms with Crippen LogP contribution in [0.15, 0.2) is 115 Å². The number of hydrogen-bond donors (Lipinski definition) is 0. The summed E-state index contributed by atoms with van der Waals surface area (Å²) < 4.78 is 30.3. The van der Waals surface area contributed by atoms with Gasteiger partial charge in [0.1, 0.15) is 0 Å². The Bertz CT molecular complexity index is 3730. The van der Waals surface area contributed by atoms with E-state index in [1.165, 1.54) is 81.2 Å². The van der Waals surface area contributed by atoms with Crippen molar-refractivity contribution in [1.29, 1.82) is 0 Å². The Balaban J connectivity index is 1.17. The minimum absolute atomic E-state index is 0.0327. The lowest BCUT2D eigenvalue weighted by Gasteiger charge is -2.46. The molecule has 7 aromatic carbocycles. The molecule has 5 aliphatic rings. The van der Waals surface area contributed by atoms with E-state index < -0.39 is 6.85 Å². The van der Waals surface area contributed by atoms with Crippen LogP contribution in [-0.2, 0) is 32.5 Å². The summed E-state index contributed by atoms with van der Waals surface area (Å²) >= 11 is 1.87. The van der Waals surface area contributed by atoms with Gasteiger partial charge < -0.3 is 9.80 Å². The molecular formula is C66H69BN2S. The Hall–Kier alpha value is -5.58. The third-order valence-corrected chi connectivity index (χ3v) is 19.4. The molecule has 2 nitrogen and oxygen atoms in total. The van der Waals surface area contributed by atoms with Crippen molar-refractivity contribution in [3.05, 3.63) is 160 Å². The minimum Gasteiger partial charge on any atom is -0.311 e. The van der Waals surface area contributed by atoms with E-state index >= 15 is 0 Å². The zero-order valence-electron chi connectivity index (χ0n) is 46.7. The Morgan fingerprint density at radius 1 is 0.486 bits per heavy atom. The fraction of sp³-hybridized carbons (Fsp3) is 0.364. The van der Waals surface area contributed by atoms with Crippen molar-refractivity contribution in [2.24, 2.45) is 0 Å². The SMILES string of the molecule is [2H]C([2H])([2H])c1cc2c3c(c1)N(c1cc4c(cc1C)C(C)(C)CCC4(C)C)c1ccc(-c4cccc5sc6ccccc6c45)cc1B3c1cc3c(cc1N2c1ccc2c(c1)C(C)(C)CC2(C)C)C(C)(C)CC3(C)C. The molecule has 4 heteroatoms. The zero-order valence-corrected chi connectivity index (χ0v) is 44.5. The number of aryl methyl sites for hydroxylation is 2. The largest absolute Gasteiger partial charge is 0.311 e. The topological polar surface area (TPSA) is 6.48 Å². The zero-order chi connectivity index (χ0) is 51.5. The molecule has 0 N–H and O–H groups in total. The van der Waals surface area contributed by atoms with Crippen LogP contribution in [0.3, 0.4) is 0 Å². The maximum atomic E-state index is 9.25. The molecule has 0 bridgehead atoms. The number of rotatable bonds is 3. The van der Waals surface area contributed by atoms with E-state index in [1.807, 2.05) is 23.5 Å². The average molecular weight is 936 g/mol. The highest BCUT2D eigenvalue weighted by Crippen LogP contribution is 2.56. The van der Waals surface area contributed by atoms with E-state index in [2.05, 4.69) is 203 Å². The van der Waals surface area contributed by atoms with Crippen LogP contribution in [0, 0.1) is 13.8 Å². The number of nitrogens with zero attached hydrogens (tertiary/aromatic N) is 2. The van der Waals surface area contributed by atoms with Gasteiger partial charge in [-0.2, -0.15) is 0 Å². The molecule has 0 saturated heterocycles. The molecule has 2 aliphatic heterocycles. The quantitative estimate of drug-likeness (QED) is 0.163. The maximum Gasteiger partial charge on any atom is 0.252 e. The molecule has 70 heavy (non-hydrogen) atoms. The molecule has 0 spiro atoms. The lowest BCUT2D eigenvalue weighted by atomic mass is 9.33. The normalized spacial score (nSPS) is 20.8. The molecule has 0 radical (unpaired) electrons. The van der Waals surface area contributed by atoms with Crippen molar-refractivity contribution in [2.45, 2.75) is 155 Å². The summed E-state index contributed by atoms with van der Waals surface area (Å²) in [6.07, 6.45) is 4.34. The van der Waals surface area contributed by atoms with Gasteiger partial charge in [0, 0.05) is 58.4 Å². The first-order chi connectivity index (χ1) is 34.2. The highest BCUT2D eigenvalue weighted by molar-refractivity contribution is 7.26. The molecule has 3 aliphatic carbocycles. The summed E-state index contributed by atoms with van der Waals surface area (Å²) in [6, 6.07) is 44.2. The van der Waals surface area contributed by atoms with Gasteiger partial charge in [0.2, 0.25) is 0 Å². The number of hydrogen-bond acceptors (Lipinski definition) is 3. The molecule has 0 amide bonds. The first-order valence-corrected chi connectivity index (χ1v) is 26.8. The van der Waals surface area contributed by atoms with Crippen molar-refractivity contribution in [3.63, 3.8) is 0 Å². The van der Waals surface area contributed by atoms with Crippen LogP contribution in [0.1, 0.15) is 157 Å². The van der Waals surface area contributed by atoms with Gasteiger partial charge in [0.15, 0.2) is 0 Å². The fourth-order valence-corrected chi connectivity index (χ4v) is 16.4. The predicted molar refractivity (Wildman–Crippen MR) is 305 cm³/mol. The Labute approximate surface area is 426 Å². The number of fused-ring (bicyclic) bond motifs is 10. The molecule has 1 aromatic heterocycles. The van der Waals surface area contributed by atoms with Crippen molar-refractivity contribution in [3.8, 4) is 11.1 Å². The first-order valence-electron chi connectivity index (χ1n) is 27.5. The van der Waals surface area contributed by atoms with Gasteiger partial charge in [-0.05, 0) is 199 Å². The standard InChI is InChI=1S/C66H69BN2S/c1-38-28-55-60-56(29-38)69(53-34-48-45(30-39(53)2)61(3,4)26-27-62(48,5)6)52-25-22-40(42-19-17-21-58-59(42)43-18-15-16-20-57(43)70-58)31-50(52)67(60)51-33-47-49(66(13,14)37-65(47,11)12)35-54(51)68(55)41-23-24-44-46(32-41)64(9,10)36-63(44,7)8/h15-25,28-35H,26-27,36-37H2,1-14H3/i1D3. The lowest BCUT2D eigenvalue weighted by molar-refractivity contribution is 0.332. The van der Waals surface area contributed by atoms with Gasteiger partial charge >= 0.3 is 0 Å². The van der Waals surface area contributed by atoms with E-state index in [-0.39, 0.29) is 39.2 Å². The van der Waals surface area contributed by atoms with Gasteiger partial charge in [-0.25, -0.2) is 0 Å². The van der Waals surface area contributed by atoms with Gasteiger partial charge in [0.05, 0.1) is 0 Å². The second-order valence-corrected chi connectivity index (χ2v) is 27.2. The fourth-order valence-electron chi connectivity index (χ4n) is 15.2. The molecule has 0 saturated carbocycles. The van der Waals surface area contributed by atoms with E-state index in [0.717, 1.165) is 65.3 Å². The van der Waals surface area contributed by atoms with Crippen LogP contribution in [0.5, 0.6) is 0 Å². The Morgan fingerprint density at radius 2 is 1.07 bits per heavy atom. The molecule has 0 fully saturated rings. The molecule has 0 atom stereocenters. The highest BCUT2D eigenvalue weighted by atomic mass is 32.1. The highest BCUT2D eigenvalue weighted by Gasteiger charge is 2.50. The smallest absolute Gasteiger partial charge is 0.252 e. The lowest BCUT2D eigenvalue weighted by Crippen LogP contribution is -2.61. The third kappa shape index (κ3) is 6.10. The van der Waals surface area contributed by atoms with Crippen LogP contribution in [0.2, 0.25) is 0 Å². The van der Waals surface area contributed by atoms with Crippen LogP contribution in [0.4, 0.5) is 34.1 Å². The minimum atomic E-state index is -2.37. The first kappa shape index (κ1) is 41.1. The second-order valence-electron chi connectivity index (χ2n) is 26.1. The second kappa shape index (κ2) is 14.1. The van der Waals surface area contributed by atoms with Crippen LogP contribution in [0.25, 0.3) is 31.3 Å². The van der Waals surface area contributed by atoms with Crippen LogP contribution >= 0.6 is 11.3 Å². The van der Waals surface area contributed by atoms with Crippen LogP contribution in [-0.4, -0.2) is 6.71 Å². The van der Waals surface area contributed by atoms with E-state index in [1.54, 1.807) is 0 Å². The van der Waals surface area contributed by atoms with Crippen LogP contribution < -0.4 is 26.2 Å². The Morgan fingerprint density at radius 3 is 1.79 bits per heavy atom. The molecule has 13 rings (SSSR count). The van der Waals surface area contributed by atoms with Crippen molar-refractivity contribution in [1.82, 2.24) is 0 Å².